The summed E-state index contributed by atoms with van der Waals surface area (Å²) in [4.78, 5) is 20.3. The van der Waals surface area contributed by atoms with Crippen molar-refractivity contribution < 1.29 is 9.42 Å². The van der Waals surface area contributed by atoms with Crippen molar-refractivity contribution in [2.24, 2.45) is 5.92 Å². The highest BCUT2D eigenvalue weighted by Gasteiger charge is 2.23. The number of nitrogens with one attached hydrogen (secondary N) is 2. The van der Waals surface area contributed by atoms with E-state index in [-0.39, 0.29) is 24.3 Å². The third-order valence-corrected chi connectivity index (χ3v) is 4.01. The van der Waals surface area contributed by atoms with Crippen LogP contribution in [0.3, 0.4) is 0 Å². The predicted molar refractivity (Wildman–Crippen MR) is 89.3 cm³/mol. The van der Waals surface area contributed by atoms with Crippen LogP contribution in [0.4, 0.5) is 0 Å². The Morgan fingerprint density at radius 2 is 2.08 bits per heavy atom. The van der Waals surface area contributed by atoms with Crippen LogP contribution in [0.1, 0.15) is 42.7 Å². The number of fused-ring (bicyclic) bond motifs is 1. The van der Waals surface area contributed by atoms with Crippen LogP contribution in [-0.2, 0) is 11.2 Å². The van der Waals surface area contributed by atoms with Crippen molar-refractivity contribution in [3.63, 3.8) is 0 Å². The van der Waals surface area contributed by atoms with Gasteiger partial charge in [0.1, 0.15) is 17.2 Å². The molecule has 0 saturated carbocycles. The van der Waals surface area contributed by atoms with Crippen LogP contribution in [0.15, 0.2) is 22.8 Å². The summed E-state index contributed by atoms with van der Waals surface area (Å²) >= 11 is 0. The minimum atomic E-state index is -0.203. The number of aromatic amines is 1. The summed E-state index contributed by atoms with van der Waals surface area (Å²) < 4.78 is 4.64. The lowest BCUT2D eigenvalue weighted by molar-refractivity contribution is -0.121. The number of carbonyl (C=O) groups is 1. The average molecular weight is 327 g/mol. The summed E-state index contributed by atoms with van der Waals surface area (Å²) in [5.41, 5.74) is 4.21. The van der Waals surface area contributed by atoms with Crippen molar-refractivity contribution >= 4 is 16.9 Å². The number of aromatic nitrogens is 4. The first-order valence-electron chi connectivity index (χ1n) is 7.97. The quantitative estimate of drug-likeness (QED) is 0.751. The van der Waals surface area contributed by atoms with Crippen LogP contribution in [-0.4, -0.2) is 26.2 Å². The Morgan fingerprint density at radius 1 is 1.29 bits per heavy atom. The first-order chi connectivity index (χ1) is 11.4. The summed E-state index contributed by atoms with van der Waals surface area (Å²) in [6, 6.07) is 5.85. The molecule has 0 bridgehead atoms. The van der Waals surface area contributed by atoms with Crippen LogP contribution in [0.2, 0.25) is 0 Å². The topological polar surface area (TPSA) is 96.7 Å². The summed E-state index contributed by atoms with van der Waals surface area (Å²) in [6.07, 6.45) is 0.137. The van der Waals surface area contributed by atoms with E-state index in [1.807, 2.05) is 32.9 Å². The molecule has 1 aromatic carbocycles. The molecule has 2 aromatic heterocycles. The maximum absolute atomic E-state index is 12.4. The van der Waals surface area contributed by atoms with Gasteiger partial charge in [0, 0.05) is 0 Å². The smallest absolute Gasteiger partial charge is 0.226 e. The van der Waals surface area contributed by atoms with Gasteiger partial charge in [-0.1, -0.05) is 30.2 Å². The number of carbonyl (C=O) groups excluding carboxylic acids is 1. The highest BCUT2D eigenvalue weighted by molar-refractivity contribution is 5.79. The zero-order chi connectivity index (χ0) is 17.3. The minimum Gasteiger partial charge on any atom is -0.346 e. The maximum Gasteiger partial charge on any atom is 0.226 e. The average Bonchev–Trinajstić information content (AvgIpc) is 3.10. The van der Waals surface area contributed by atoms with Crippen molar-refractivity contribution in [1.29, 1.82) is 0 Å². The summed E-state index contributed by atoms with van der Waals surface area (Å²) in [7, 11) is 0. The van der Waals surface area contributed by atoms with Gasteiger partial charge in [-0.15, -0.1) is 0 Å². The molecule has 126 valence electrons. The Kier molecular flexibility index (Phi) is 4.33. The molecule has 1 atom stereocenters. The van der Waals surface area contributed by atoms with Crippen LogP contribution < -0.4 is 5.32 Å². The monoisotopic (exact) mass is 327 g/mol. The number of benzene rings is 1. The Labute approximate surface area is 139 Å². The molecule has 0 radical (unpaired) electrons. The van der Waals surface area contributed by atoms with Crippen LogP contribution in [0.25, 0.3) is 11.0 Å². The van der Waals surface area contributed by atoms with Gasteiger partial charge in [0.2, 0.25) is 5.91 Å². The van der Waals surface area contributed by atoms with Crippen molar-refractivity contribution in [3.8, 4) is 0 Å². The molecule has 0 aliphatic rings. The molecule has 1 amide bonds. The van der Waals surface area contributed by atoms with E-state index >= 15 is 0 Å². The third kappa shape index (κ3) is 3.29. The van der Waals surface area contributed by atoms with Gasteiger partial charge in [0.15, 0.2) is 0 Å². The zero-order valence-electron chi connectivity index (χ0n) is 14.3. The van der Waals surface area contributed by atoms with Gasteiger partial charge in [-0.25, -0.2) is 9.61 Å². The van der Waals surface area contributed by atoms with E-state index in [4.69, 9.17) is 0 Å². The number of nitrogens with zero attached hydrogens (tertiary/aromatic N) is 3. The Bertz CT molecular complexity index is 865. The number of imidazole rings is 1. The van der Waals surface area contributed by atoms with E-state index in [0.29, 0.717) is 11.4 Å². The molecule has 0 aliphatic heterocycles. The number of hydrogen-bond acceptors (Lipinski definition) is 5. The Morgan fingerprint density at radius 3 is 2.75 bits per heavy atom. The fourth-order valence-corrected chi connectivity index (χ4v) is 2.63. The predicted octanol–water partition coefficient (Wildman–Crippen LogP) is 2.62. The van der Waals surface area contributed by atoms with Gasteiger partial charge in [-0.2, -0.15) is 0 Å². The van der Waals surface area contributed by atoms with Gasteiger partial charge in [0.05, 0.1) is 23.5 Å². The van der Waals surface area contributed by atoms with Crippen molar-refractivity contribution in [3.05, 3.63) is 41.0 Å². The zero-order valence-corrected chi connectivity index (χ0v) is 14.3. The molecule has 3 rings (SSSR count). The van der Waals surface area contributed by atoms with Crippen LogP contribution in [0.5, 0.6) is 0 Å². The van der Waals surface area contributed by atoms with E-state index in [1.165, 1.54) is 0 Å². The van der Waals surface area contributed by atoms with Crippen LogP contribution >= 0.6 is 0 Å². The normalized spacial score (nSPS) is 12.7. The second kappa shape index (κ2) is 6.43. The summed E-state index contributed by atoms with van der Waals surface area (Å²) in [5, 5.41) is 10.5. The number of rotatable bonds is 5. The molecule has 7 nitrogen and oxygen atoms in total. The molecule has 24 heavy (non-hydrogen) atoms. The van der Waals surface area contributed by atoms with Gasteiger partial charge in [-0.3, -0.25) is 4.79 Å². The van der Waals surface area contributed by atoms with E-state index in [2.05, 4.69) is 36.3 Å². The molecule has 0 spiro atoms. The van der Waals surface area contributed by atoms with Crippen LogP contribution in [0, 0.1) is 19.8 Å². The third-order valence-electron chi connectivity index (χ3n) is 4.01. The fourth-order valence-electron chi connectivity index (χ4n) is 2.63. The fraction of sp³-hybridized carbons (Fsp3) is 0.412. The van der Waals surface area contributed by atoms with Gasteiger partial charge in [-0.05, 0) is 37.5 Å². The molecule has 3 aromatic rings. The van der Waals surface area contributed by atoms with Crippen molar-refractivity contribution in [2.45, 2.75) is 40.2 Å². The van der Waals surface area contributed by atoms with Crippen molar-refractivity contribution in [1.82, 2.24) is 25.6 Å². The van der Waals surface area contributed by atoms with Gasteiger partial charge >= 0.3 is 0 Å². The molecular formula is C17H21N5O2. The highest BCUT2D eigenvalue weighted by Crippen LogP contribution is 2.23. The molecule has 0 aliphatic carbocycles. The maximum atomic E-state index is 12.4. The summed E-state index contributed by atoms with van der Waals surface area (Å²) in [6.45, 7) is 7.90. The molecule has 0 fully saturated rings. The molecule has 1 unspecified atom stereocenters. The molecular weight excluding hydrogens is 306 g/mol. The van der Waals surface area contributed by atoms with Crippen molar-refractivity contribution in [2.75, 3.05) is 0 Å². The second-order valence-corrected chi connectivity index (χ2v) is 6.40. The Hall–Kier alpha value is -2.70. The molecule has 0 saturated heterocycles. The minimum absolute atomic E-state index is 0.135. The summed E-state index contributed by atoms with van der Waals surface area (Å²) in [5.74, 6) is 0.810. The largest absolute Gasteiger partial charge is 0.346 e. The molecule has 7 heteroatoms. The second-order valence-electron chi connectivity index (χ2n) is 6.40. The number of hydrogen-bond donors (Lipinski definition) is 2. The van der Waals surface area contributed by atoms with E-state index in [0.717, 1.165) is 22.4 Å². The molecule has 2 heterocycles. The lowest BCUT2D eigenvalue weighted by Crippen LogP contribution is -2.33. The first-order valence-corrected chi connectivity index (χ1v) is 7.97. The van der Waals surface area contributed by atoms with E-state index in [9.17, 15) is 4.79 Å². The Balaban J connectivity index is 1.80. The highest BCUT2D eigenvalue weighted by atomic mass is 16.6. The van der Waals surface area contributed by atoms with Gasteiger partial charge < -0.3 is 10.3 Å². The number of aryl methyl sites for hydroxylation is 2. The number of H-pyrrole nitrogens is 1. The van der Waals surface area contributed by atoms with Gasteiger partial charge in [0.25, 0.3) is 0 Å². The number of amides is 1. The lowest BCUT2D eigenvalue weighted by atomic mass is 10.0. The van der Waals surface area contributed by atoms with E-state index in [1.54, 1.807) is 6.92 Å². The standard InChI is InChI=1S/C17H21N5O2/c1-9(2)16(20-15(23)8-13-11(4)21-24-22-13)17-18-12-6-5-10(3)7-14(12)19-17/h5-7,9,16H,8H2,1-4H3,(H,18,19)(H,20,23). The van der Waals surface area contributed by atoms with E-state index < -0.39 is 0 Å². The first kappa shape index (κ1) is 16.2. The lowest BCUT2D eigenvalue weighted by Gasteiger charge is -2.20. The SMILES string of the molecule is Cc1ccc2nc(C(NC(=O)Cc3nonc3C)C(C)C)[nH]c2c1. The molecule has 2 N–H and O–H groups in total.